The lowest BCUT2D eigenvalue weighted by molar-refractivity contribution is 0.468. The minimum atomic E-state index is 0.582. The number of aliphatic imine (C=N–C) groups is 1. The zero-order valence-corrected chi connectivity index (χ0v) is 18.0. The summed E-state index contributed by atoms with van der Waals surface area (Å²) in [6.07, 6.45) is 8.03. The normalized spacial score (nSPS) is 11.8. The van der Waals surface area contributed by atoms with Crippen molar-refractivity contribution in [3.05, 3.63) is 18.5 Å². The van der Waals surface area contributed by atoms with Crippen molar-refractivity contribution in [3.8, 4) is 0 Å². The molecule has 26 heavy (non-hydrogen) atoms. The molecule has 7 heteroatoms. The monoisotopic (exact) mass is 380 g/mol. The van der Waals surface area contributed by atoms with Crippen molar-refractivity contribution in [1.29, 1.82) is 0 Å². The van der Waals surface area contributed by atoms with Crippen molar-refractivity contribution in [2.24, 2.45) is 10.9 Å². The predicted molar refractivity (Wildman–Crippen MR) is 113 cm³/mol. The Kier molecular flexibility index (Phi) is 11.1. The van der Waals surface area contributed by atoms with Crippen LogP contribution in [0.5, 0.6) is 0 Å². The van der Waals surface area contributed by atoms with E-state index in [1.165, 1.54) is 0 Å². The number of thioether (sulfide) groups is 1. The molecule has 0 saturated heterocycles. The molecule has 0 fully saturated rings. The van der Waals surface area contributed by atoms with Crippen LogP contribution in [0.25, 0.3) is 0 Å². The molecule has 1 N–H and O–H groups in total. The standard InChI is InChI=1S/C19H36N6S/c1-7-9-10-14-24(5)18(20-8-2)21-13-11-12-17-22-23-19(26-6)25(17)15-16(3)4/h7,16H,1,8-15H2,2-6H3,(H,20,21). The molecule has 1 rings (SSSR count). The topological polar surface area (TPSA) is 58.3 Å². The van der Waals surface area contributed by atoms with Crippen LogP contribution in [0, 0.1) is 5.92 Å². The molecule has 0 atom stereocenters. The van der Waals surface area contributed by atoms with Crippen molar-refractivity contribution in [1.82, 2.24) is 25.0 Å². The van der Waals surface area contributed by atoms with Gasteiger partial charge in [-0.05, 0) is 38.4 Å². The van der Waals surface area contributed by atoms with Crippen LogP contribution in [0.1, 0.15) is 45.9 Å². The first kappa shape index (κ1) is 22.5. The quantitative estimate of drug-likeness (QED) is 0.198. The molecule has 0 unspecified atom stereocenters. The third-order valence-electron chi connectivity index (χ3n) is 3.94. The van der Waals surface area contributed by atoms with Gasteiger partial charge in [-0.1, -0.05) is 31.7 Å². The molecule has 0 aromatic carbocycles. The summed E-state index contributed by atoms with van der Waals surface area (Å²) in [5.74, 6) is 2.63. The lowest BCUT2D eigenvalue weighted by Gasteiger charge is -2.21. The van der Waals surface area contributed by atoms with E-state index < -0.39 is 0 Å². The van der Waals surface area contributed by atoms with Crippen LogP contribution in [-0.2, 0) is 13.0 Å². The van der Waals surface area contributed by atoms with Crippen LogP contribution < -0.4 is 5.32 Å². The van der Waals surface area contributed by atoms with E-state index in [2.05, 4.69) is 65.6 Å². The highest BCUT2D eigenvalue weighted by atomic mass is 32.2. The average molecular weight is 381 g/mol. The average Bonchev–Trinajstić information content (AvgIpc) is 2.98. The van der Waals surface area contributed by atoms with Crippen LogP contribution in [0.3, 0.4) is 0 Å². The van der Waals surface area contributed by atoms with E-state index in [1.807, 2.05) is 6.08 Å². The largest absolute Gasteiger partial charge is 0.357 e. The molecule has 0 aliphatic rings. The van der Waals surface area contributed by atoms with Crippen molar-refractivity contribution in [2.45, 2.75) is 58.2 Å². The van der Waals surface area contributed by atoms with Crippen LogP contribution >= 0.6 is 11.8 Å². The molecule has 0 aliphatic carbocycles. The number of rotatable bonds is 12. The maximum Gasteiger partial charge on any atom is 0.193 e. The molecule has 148 valence electrons. The minimum absolute atomic E-state index is 0.582. The highest BCUT2D eigenvalue weighted by Gasteiger charge is 2.12. The van der Waals surface area contributed by atoms with Gasteiger partial charge in [0, 0.05) is 39.6 Å². The van der Waals surface area contributed by atoms with Gasteiger partial charge in [-0.15, -0.1) is 16.8 Å². The number of guanidine groups is 1. The Balaban J connectivity index is 2.60. The van der Waals surface area contributed by atoms with Crippen LogP contribution in [0.2, 0.25) is 0 Å². The second-order valence-electron chi connectivity index (χ2n) is 6.80. The lowest BCUT2D eigenvalue weighted by Crippen LogP contribution is -2.39. The van der Waals surface area contributed by atoms with Gasteiger partial charge in [-0.25, -0.2) is 0 Å². The smallest absolute Gasteiger partial charge is 0.193 e. The number of aryl methyl sites for hydroxylation is 1. The Hall–Kier alpha value is -1.50. The molecular formula is C19H36N6S. The number of aromatic nitrogens is 3. The van der Waals surface area contributed by atoms with Gasteiger partial charge in [0.15, 0.2) is 11.1 Å². The molecule has 0 bridgehead atoms. The summed E-state index contributed by atoms with van der Waals surface area (Å²) in [6, 6.07) is 0. The number of nitrogens with zero attached hydrogens (tertiary/aromatic N) is 5. The van der Waals surface area contributed by atoms with E-state index in [1.54, 1.807) is 11.8 Å². The number of nitrogens with one attached hydrogen (secondary N) is 1. The van der Waals surface area contributed by atoms with Crippen LogP contribution in [0.15, 0.2) is 22.8 Å². The van der Waals surface area contributed by atoms with E-state index in [4.69, 9.17) is 4.99 Å². The predicted octanol–water partition coefficient (Wildman–Crippen LogP) is 3.45. The van der Waals surface area contributed by atoms with Crippen LogP contribution in [0.4, 0.5) is 0 Å². The molecule has 0 radical (unpaired) electrons. The third kappa shape index (κ3) is 7.81. The maximum absolute atomic E-state index is 4.77. The number of unbranched alkanes of at least 4 members (excludes halogenated alkanes) is 1. The molecule has 0 spiro atoms. The van der Waals surface area contributed by atoms with Crippen molar-refractivity contribution < 1.29 is 0 Å². The fourth-order valence-corrected chi connectivity index (χ4v) is 3.20. The van der Waals surface area contributed by atoms with Crippen LogP contribution in [-0.4, -0.2) is 58.6 Å². The highest BCUT2D eigenvalue weighted by Crippen LogP contribution is 2.16. The van der Waals surface area contributed by atoms with Crippen molar-refractivity contribution >= 4 is 17.7 Å². The van der Waals surface area contributed by atoms with Gasteiger partial charge in [0.2, 0.25) is 0 Å². The summed E-state index contributed by atoms with van der Waals surface area (Å²) >= 11 is 1.66. The van der Waals surface area contributed by atoms with Gasteiger partial charge in [-0.2, -0.15) is 0 Å². The van der Waals surface area contributed by atoms with Crippen molar-refractivity contribution in [2.75, 3.05) is 32.9 Å². The first-order valence-electron chi connectivity index (χ1n) is 9.59. The first-order chi connectivity index (χ1) is 12.5. The molecule has 1 aromatic heterocycles. The molecule has 6 nitrogen and oxygen atoms in total. The first-order valence-corrected chi connectivity index (χ1v) is 10.8. The van der Waals surface area contributed by atoms with Gasteiger partial charge in [0.1, 0.15) is 5.82 Å². The van der Waals surface area contributed by atoms with E-state index in [9.17, 15) is 0 Å². The second kappa shape index (κ2) is 12.8. The van der Waals surface area contributed by atoms with Gasteiger partial charge in [0.05, 0.1) is 0 Å². The molecule has 1 heterocycles. The van der Waals surface area contributed by atoms with Gasteiger partial charge in [0.25, 0.3) is 0 Å². The summed E-state index contributed by atoms with van der Waals surface area (Å²) in [5.41, 5.74) is 0. The SMILES string of the molecule is C=CCCCN(C)C(=NCCCc1nnc(SC)n1CC(C)C)NCC. The van der Waals surface area contributed by atoms with Gasteiger partial charge in [-0.3, -0.25) is 4.99 Å². The summed E-state index contributed by atoms with van der Waals surface area (Å²) < 4.78 is 2.26. The molecular weight excluding hydrogens is 344 g/mol. The zero-order chi connectivity index (χ0) is 19.4. The summed E-state index contributed by atoms with van der Waals surface area (Å²) in [7, 11) is 2.09. The van der Waals surface area contributed by atoms with Gasteiger partial charge < -0.3 is 14.8 Å². The number of hydrogen-bond donors (Lipinski definition) is 1. The van der Waals surface area contributed by atoms with E-state index in [-0.39, 0.29) is 0 Å². The van der Waals surface area contributed by atoms with Gasteiger partial charge >= 0.3 is 0 Å². The fraction of sp³-hybridized carbons (Fsp3) is 0.737. The molecule has 1 aromatic rings. The molecule has 0 saturated carbocycles. The Morgan fingerprint density at radius 1 is 1.38 bits per heavy atom. The Morgan fingerprint density at radius 2 is 2.15 bits per heavy atom. The zero-order valence-electron chi connectivity index (χ0n) is 17.2. The molecule has 0 aliphatic heterocycles. The van der Waals surface area contributed by atoms with E-state index in [0.29, 0.717) is 5.92 Å². The summed E-state index contributed by atoms with van der Waals surface area (Å²) in [5, 5.41) is 13.1. The number of hydrogen-bond acceptors (Lipinski definition) is 4. The summed E-state index contributed by atoms with van der Waals surface area (Å²) in [6.45, 7) is 14.0. The maximum atomic E-state index is 4.77. The third-order valence-corrected chi connectivity index (χ3v) is 4.61. The lowest BCUT2D eigenvalue weighted by atomic mass is 10.2. The second-order valence-corrected chi connectivity index (χ2v) is 7.57. The highest BCUT2D eigenvalue weighted by molar-refractivity contribution is 7.98. The Labute approximate surface area is 163 Å². The van der Waals surface area contributed by atoms with E-state index in [0.717, 1.165) is 68.8 Å². The molecule has 0 amide bonds. The van der Waals surface area contributed by atoms with Crippen molar-refractivity contribution in [3.63, 3.8) is 0 Å². The minimum Gasteiger partial charge on any atom is -0.357 e. The summed E-state index contributed by atoms with van der Waals surface area (Å²) in [4.78, 5) is 6.96. The Morgan fingerprint density at radius 3 is 2.77 bits per heavy atom. The Bertz CT molecular complexity index is 552. The number of allylic oxidation sites excluding steroid dienone is 1. The van der Waals surface area contributed by atoms with E-state index >= 15 is 0 Å². The fourth-order valence-electron chi connectivity index (χ4n) is 2.67.